The lowest BCUT2D eigenvalue weighted by atomic mass is 9.89. The molecule has 0 spiro atoms. The highest BCUT2D eigenvalue weighted by molar-refractivity contribution is 7.99. The summed E-state index contributed by atoms with van der Waals surface area (Å²) in [4.78, 5) is 236. The average Bonchev–Trinajstić information content (AvgIpc) is 1.66. The molecule has 1 aromatic carbocycles. The van der Waals surface area contributed by atoms with E-state index in [0.717, 1.165) is 23.6 Å². The first-order valence-electron chi connectivity index (χ1n) is 32.5. The molecule has 2 aliphatic heterocycles. The van der Waals surface area contributed by atoms with Crippen molar-refractivity contribution in [1.82, 2.24) is 47.1 Å². The number of rotatable bonds is 28. The number of Topliss-reactive ketones (excluding diaryl/α,β-unsaturated/α-hetero) is 3. The topological polar surface area (TPSA) is 567 Å². The van der Waals surface area contributed by atoms with E-state index >= 15 is 9.59 Å². The van der Waals surface area contributed by atoms with Crippen molar-refractivity contribution in [2.75, 3.05) is 18.8 Å². The van der Waals surface area contributed by atoms with Gasteiger partial charge in [0, 0.05) is 80.0 Å². The normalized spacial score (nSPS) is 22.6. The number of carboxylic acids is 5. The van der Waals surface area contributed by atoms with Gasteiger partial charge in [-0.1, -0.05) is 45.9 Å². The van der Waals surface area contributed by atoms with Gasteiger partial charge in [-0.25, -0.2) is 4.79 Å². The Balaban J connectivity index is 2.04. The SMILES string of the molecule is CC(C)C[C@H](NC(=O)[C@@H]1CSc2[nH]c3ccccc3c2C[C@H](CC(=O)[C@H](CCC(N)=O)NC(=O)[C@@H](N)CC(C)C)C(=O)N[C@@H](CC(=O)O)C(=O)N[C@@H](CCC(=O)O)C(=O)C[C@@H](CCC(=O)O)C(=O)N[C@@H]([C@@H](C)O)C(=O)NCC(=O)N[C@@H](CCC(=O)O)C(=O)C1)C(=O)N1CCC[C@H]1C(=O)O. The molecule has 546 valence electrons. The number of nitrogens with zero attached hydrogens (tertiary/aromatic N) is 1. The lowest BCUT2D eigenvalue weighted by Gasteiger charge is -2.29. The van der Waals surface area contributed by atoms with Gasteiger partial charge in [0.05, 0.1) is 54.2 Å². The van der Waals surface area contributed by atoms with Gasteiger partial charge in [-0.15, -0.1) is 11.8 Å². The minimum absolute atomic E-state index is 0.0270. The van der Waals surface area contributed by atoms with Crippen molar-refractivity contribution in [3.8, 4) is 0 Å². The molecule has 99 heavy (non-hydrogen) atoms. The molecule has 34 nitrogen and oxygen atoms in total. The number of nitrogens with two attached hydrogens (primary N) is 2. The zero-order chi connectivity index (χ0) is 74.1. The number of thioether (sulfide) groups is 1. The summed E-state index contributed by atoms with van der Waals surface area (Å²) in [5, 5.41) is 77.2. The summed E-state index contributed by atoms with van der Waals surface area (Å²) in [5.41, 5.74) is 12.2. The van der Waals surface area contributed by atoms with E-state index in [1.807, 2.05) is 0 Å². The number of benzene rings is 1. The summed E-state index contributed by atoms with van der Waals surface area (Å²) in [5.74, 6) is -26.3. The molecule has 0 aliphatic carbocycles. The second-order valence-electron chi connectivity index (χ2n) is 25.7. The number of nitrogens with one attached hydrogen (secondary N) is 8. The van der Waals surface area contributed by atoms with Gasteiger partial charge in [0.2, 0.25) is 53.2 Å². The standard InChI is InChI=1S/C64H91N11O23S/c1-30(2)21-38(65)59(93)69-41(13-16-49(66)80)47(78)25-34-23-37-36-9-6-7-10-39(36)73-62(37)99-29-35(58(92)72-44(22-31(3)4)63(96)75-20-8-11-45(75)64(97)98)26-48(79)40(14-18-52(84)85)68-50(81)28-67-61(95)55(32(5)76)74-56(90)33(12-17-51(82)83)24-46(77)42(15-19-53(86)87)70-60(94)43(27-54(88)89)71-57(34)91/h6-7,9-10,30-35,38,40-45,55,73,76H,8,11-29,65H2,1-5H3,(H2,66,80)(H,67,95)(H,68,81)(H,69,93)(H,70,94)(H,71,91)(H,72,92)(H,74,90)(H,82,83)(H,84,85)(H,86,87)(H,88,89)(H,97,98)/t32-,33-,34-,35+,38+,40+,41+,42+,43+,44+,45+,55+/m1/s1. The fourth-order valence-corrected chi connectivity index (χ4v) is 12.7. The van der Waals surface area contributed by atoms with Crippen LogP contribution in [0, 0.1) is 29.6 Å². The summed E-state index contributed by atoms with van der Waals surface area (Å²) in [6.45, 7) is 7.01. The van der Waals surface area contributed by atoms with E-state index < -0.39 is 268 Å². The van der Waals surface area contributed by atoms with Crippen LogP contribution in [-0.4, -0.2) is 214 Å². The van der Waals surface area contributed by atoms with Gasteiger partial charge in [0.15, 0.2) is 17.3 Å². The molecule has 4 rings (SSSR count). The molecule has 3 heterocycles. The third-order valence-corrected chi connectivity index (χ3v) is 17.8. The van der Waals surface area contributed by atoms with Gasteiger partial charge in [0.1, 0.15) is 24.2 Å². The van der Waals surface area contributed by atoms with E-state index in [1.54, 1.807) is 52.0 Å². The Hall–Kier alpha value is -9.38. The Kier molecular flexibility index (Phi) is 32.5. The number of aromatic nitrogens is 1. The van der Waals surface area contributed by atoms with Gasteiger partial charge in [-0.05, 0) is 88.2 Å². The second kappa shape index (κ2) is 39.3. The number of H-pyrrole nitrogens is 1. The number of likely N-dealkylation sites (tertiary alicyclic amines) is 1. The Morgan fingerprint density at radius 1 is 0.646 bits per heavy atom. The highest BCUT2D eigenvalue weighted by Gasteiger charge is 2.41. The molecule has 0 unspecified atom stereocenters. The molecular formula is C64H91N11O23S. The maximum Gasteiger partial charge on any atom is 0.326 e. The van der Waals surface area contributed by atoms with E-state index in [4.69, 9.17) is 11.5 Å². The first kappa shape index (κ1) is 82.0. The quantitative estimate of drug-likeness (QED) is 0.0475. The van der Waals surface area contributed by atoms with Gasteiger partial charge in [-0.2, -0.15) is 0 Å². The van der Waals surface area contributed by atoms with Gasteiger partial charge in [-0.3, -0.25) is 76.7 Å². The van der Waals surface area contributed by atoms with Gasteiger partial charge in [0.25, 0.3) is 0 Å². The number of amides is 9. The fourth-order valence-electron chi connectivity index (χ4n) is 11.5. The monoisotopic (exact) mass is 1410 g/mol. The number of para-hydroxylation sites is 1. The summed E-state index contributed by atoms with van der Waals surface area (Å²) in [7, 11) is 0. The van der Waals surface area contributed by atoms with Crippen LogP contribution < -0.4 is 48.7 Å². The molecule has 1 fully saturated rings. The zero-order valence-corrected chi connectivity index (χ0v) is 56.5. The van der Waals surface area contributed by atoms with E-state index in [1.165, 1.54) is 0 Å². The molecule has 18 N–H and O–H groups in total. The molecule has 0 saturated carbocycles. The van der Waals surface area contributed by atoms with Crippen molar-refractivity contribution in [1.29, 1.82) is 0 Å². The van der Waals surface area contributed by atoms with Gasteiger partial charge < -0.3 is 89.2 Å². The maximum absolute atomic E-state index is 15.2. The predicted molar refractivity (Wildman–Crippen MR) is 349 cm³/mol. The van der Waals surface area contributed by atoms with Crippen molar-refractivity contribution in [3.05, 3.63) is 29.8 Å². The van der Waals surface area contributed by atoms with Crippen molar-refractivity contribution < 1.29 is 112 Å². The van der Waals surface area contributed by atoms with Crippen molar-refractivity contribution in [2.24, 2.45) is 41.1 Å². The Morgan fingerprint density at radius 3 is 1.82 bits per heavy atom. The van der Waals surface area contributed by atoms with Crippen LogP contribution in [0.15, 0.2) is 29.3 Å². The molecule has 0 bridgehead atoms. The van der Waals surface area contributed by atoms with Crippen LogP contribution >= 0.6 is 11.8 Å². The van der Waals surface area contributed by atoms with E-state index in [2.05, 4.69) is 42.2 Å². The second-order valence-corrected chi connectivity index (χ2v) is 26.7. The van der Waals surface area contributed by atoms with Crippen molar-refractivity contribution in [2.45, 2.75) is 203 Å². The molecule has 1 saturated heterocycles. The van der Waals surface area contributed by atoms with E-state index in [9.17, 15) is 103 Å². The zero-order valence-electron chi connectivity index (χ0n) is 55.7. The molecule has 1 aromatic heterocycles. The molecule has 2 aliphatic rings. The lowest BCUT2D eigenvalue weighted by Crippen LogP contribution is -2.56. The Labute approximate surface area is 573 Å². The smallest absolute Gasteiger partial charge is 0.326 e. The molecule has 9 amide bonds. The van der Waals surface area contributed by atoms with Crippen LogP contribution in [0.5, 0.6) is 0 Å². The van der Waals surface area contributed by atoms with Crippen molar-refractivity contribution in [3.63, 3.8) is 0 Å². The third-order valence-electron chi connectivity index (χ3n) is 16.6. The molecule has 0 radical (unpaired) electrons. The number of aliphatic hydroxyl groups excluding tert-OH is 1. The molecular weight excluding hydrogens is 1320 g/mol. The number of hydrogen-bond donors (Lipinski definition) is 16. The average molecular weight is 1410 g/mol. The summed E-state index contributed by atoms with van der Waals surface area (Å²) in [6.07, 6.45) is -11.2. The number of carboxylic acid groups (broad SMARTS) is 5. The number of hydrogen-bond acceptors (Lipinski definition) is 20. The Morgan fingerprint density at radius 2 is 1.23 bits per heavy atom. The van der Waals surface area contributed by atoms with Crippen LogP contribution in [0.4, 0.5) is 0 Å². The first-order valence-corrected chi connectivity index (χ1v) is 33.5. The number of aliphatic carboxylic acids is 5. The van der Waals surface area contributed by atoms with Crippen LogP contribution in [0.1, 0.15) is 143 Å². The number of primary amides is 1. The fraction of sp³-hybridized carbons (Fsp3) is 0.609. The molecule has 12 atom stereocenters. The largest absolute Gasteiger partial charge is 0.481 e. The molecule has 35 heteroatoms. The molecule has 2 aromatic rings. The summed E-state index contributed by atoms with van der Waals surface area (Å²) in [6, 6.07) is -6.85. The lowest BCUT2D eigenvalue weighted by molar-refractivity contribution is -0.149. The number of aromatic amines is 1. The van der Waals surface area contributed by atoms with Gasteiger partial charge >= 0.3 is 29.8 Å². The number of fused-ring (bicyclic) bond motifs is 3. The van der Waals surface area contributed by atoms with Crippen molar-refractivity contribution >= 4 is 123 Å². The number of ketones is 3. The third kappa shape index (κ3) is 26.8. The van der Waals surface area contributed by atoms with Crippen LogP contribution in [-0.2, 0) is 87.9 Å². The summed E-state index contributed by atoms with van der Waals surface area (Å²) >= 11 is 0.850. The predicted octanol–water partition coefficient (Wildman–Crippen LogP) is -1.22. The highest BCUT2D eigenvalue weighted by Crippen LogP contribution is 2.35. The number of carbonyl (C=O) groups excluding carboxylic acids is 12. The first-order chi connectivity index (χ1) is 46.5. The van der Waals surface area contributed by atoms with Crippen LogP contribution in [0.25, 0.3) is 10.9 Å². The van der Waals surface area contributed by atoms with E-state index in [0.29, 0.717) is 17.3 Å². The Bertz CT molecular complexity index is 3340. The van der Waals surface area contributed by atoms with Crippen LogP contribution in [0.3, 0.4) is 0 Å². The minimum atomic E-state index is -2.19. The minimum Gasteiger partial charge on any atom is -0.481 e. The van der Waals surface area contributed by atoms with E-state index in [-0.39, 0.29) is 48.2 Å². The number of carbonyl (C=O) groups is 17. The van der Waals surface area contributed by atoms with Crippen LogP contribution in [0.2, 0.25) is 0 Å². The summed E-state index contributed by atoms with van der Waals surface area (Å²) < 4.78 is 0. The number of aliphatic hydroxyl groups is 1. The maximum atomic E-state index is 15.2. The highest BCUT2D eigenvalue weighted by atomic mass is 32.2.